The Kier molecular flexibility index (Phi) is 1.88. The average Bonchev–Trinajstić information content (AvgIpc) is 2.12. The number of hydroxylamine groups is 1. The van der Waals surface area contributed by atoms with Gasteiger partial charge >= 0.3 is 0 Å². The van der Waals surface area contributed by atoms with E-state index in [1.807, 2.05) is 0 Å². The molecule has 4 aliphatic carbocycles. The van der Waals surface area contributed by atoms with Crippen LogP contribution in [0.15, 0.2) is 12.3 Å². The first-order valence-electron chi connectivity index (χ1n) is 5.87. The van der Waals surface area contributed by atoms with Crippen LogP contribution >= 0.6 is 0 Å². The Morgan fingerprint density at radius 3 is 1.93 bits per heavy atom. The van der Waals surface area contributed by atoms with Crippen LogP contribution < -0.4 is 5.48 Å². The van der Waals surface area contributed by atoms with Crippen molar-refractivity contribution in [2.45, 2.75) is 38.5 Å². The molecule has 0 aliphatic heterocycles. The van der Waals surface area contributed by atoms with Crippen molar-refractivity contribution < 1.29 is 5.21 Å². The molecule has 0 spiro atoms. The molecule has 2 nitrogen and oxygen atoms in total. The first-order chi connectivity index (χ1) is 6.80. The van der Waals surface area contributed by atoms with E-state index in [1.165, 1.54) is 38.5 Å². The molecule has 0 atom stereocenters. The molecule has 2 heteroatoms. The predicted molar refractivity (Wildman–Crippen MR) is 54.7 cm³/mol. The zero-order valence-electron chi connectivity index (χ0n) is 8.58. The van der Waals surface area contributed by atoms with Crippen LogP contribution in [-0.2, 0) is 0 Å². The van der Waals surface area contributed by atoms with Crippen LogP contribution in [0.1, 0.15) is 38.5 Å². The second kappa shape index (κ2) is 2.99. The molecule has 4 rings (SSSR count). The second-order valence-corrected chi connectivity index (χ2v) is 5.74. The fourth-order valence-electron chi connectivity index (χ4n) is 4.60. The molecule has 0 aromatic rings. The van der Waals surface area contributed by atoms with E-state index in [4.69, 9.17) is 5.21 Å². The molecule has 0 saturated heterocycles. The van der Waals surface area contributed by atoms with Crippen LogP contribution in [0.4, 0.5) is 0 Å². The maximum atomic E-state index is 8.63. The summed E-state index contributed by atoms with van der Waals surface area (Å²) in [6.45, 7) is 0. The maximum Gasteiger partial charge on any atom is 0.0206 e. The average molecular weight is 193 g/mol. The third-order valence-corrected chi connectivity index (χ3v) is 4.60. The van der Waals surface area contributed by atoms with E-state index in [1.54, 1.807) is 6.20 Å². The van der Waals surface area contributed by atoms with E-state index in [0.29, 0.717) is 5.41 Å². The topological polar surface area (TPSA) is 32.3 Å². The molecule has 0 heterocycles. The molecule has 4 bridgehead atoms. The van der Waals surface area contributed by atoms with Crippen molar-refractivity contribution in [3.8, 4) is 0 Å². The van der Waals surface area contributed by atoms with Gasteiger partial charge in [-0.25, -0.2) is 0 Å². The third-order valence-electron chi connectivity index (χ3n) is 4.60. The SMILES string of the molecule is ONC=CC12CC3CC(CC(C3)C1)C2. The largest absolute Gasteiger partial charge is 0.292 e. The van der Waals surface area contributed by atoms with Crippen molar-refractivity contribution in [2.75, 3.05) is 0 Å². The van der Waals surface area contributed by atoms with Crippen molar-refractivity contribution in [3.05, 3.63) is 12.3 Å². The second-order valence-electron chi connectivity index (χ2n) is 5.74. The van der Waals surface area contributed by atoms with Gasteiger partial charge in [0.1, 0.15) is 0 Å². The van der Waals surface area contributed by atoms with Crippen molar-refractivity contribution >= 4 is 0 Å². The minimum atomic E-state index is 0.449. The normalized spacial score (nSPS) is 50.2. The van der Waals surface area contributed by atoms with Gasteiger partial charge in [0, 0.05) is 6.20 Å². The molecular formula is C12H19NO. The van der Waals surface area contributed by atoms with Gasteiger partial charge in [-0.3, -0.25) is 10.7 Å². The molecule has 14 heavy (non-hydrogen) atoms. The minimum absolute atomic E-state index is 0.449. The number of nitrogens with one attached hydrogen (secondary N) is 1. The van der Waals surface area contributed by atoms with E-state index in [9.17, 15) is 0 Å². The van der Waals surface area contributed by atoms with Gasteiger partial charge in [-0.15, -0.1) is 0 Å². The summed E-state index contributed by atoms with van der Waals surface area (Å²) >= 11 is 0. The zero-order chi connectivity index (χ0) is 9.60. The Bertz CT molecular complexity index is 224. The Morgan fingerprint density at radius 1 is 1.00 bits per heavy atom. The lowest BCUT2D eigenvalue weighted by atomic mass is 9.50. The highest BCUT2D eigenvalue weighted by Crippen LogP contribution is 2.60. The minimum Gasteiger partial charge on any atom is -0.292 e. The summed E-state index contributed by atoms with van der Waals surface area (Å²) in [6.07, 6.45) is 12.5. The Morgan fingerprint density at radius 2 is 1.50 bits per heavy atom. The lowest BCUT2D eigenvalue weighted by molar-refractivity contribution is -0.0243. The fourth-order valence-corrected chi connectivity index (χ4v) is 4.60. The molecule has 0 unspecified atom stereocenters. The maximum absolute atomic E-state index is 8.63. The van der Waals surface area contributed by atoms with E-state index in [0.717, 1.165) is 17.8 Å². The smallest absolute Gasteiger partial charge is 0.0206 e. The first-order valence-corrected chi connectivity index (χ1v) is 5.87. The Balaban J connectivity index is 1.84. The predicted octanol–water partition coefficient (Wildman–Crippen LogP) is 2.70. The lowest BCUT2D eigenvalue weighted by Gasteiger charge is -2.55. The van der Waals surface area contributed by atoms with Crippen molar-refractivity contribution in [3.63, 3.8) is 0 Å². The molecule has 78 valence electrons. The highest BCUT2D eigenvalue weighted by Gasteiger charge is 2.49. The van der Waals surface area contributed by atoms with Crippen molar-refractivity contribution in [2.24, 2.45) is 23.2 Å². The van der Waals surface area contributed by atoms with Gasteiger partial charge < -0.3 is 0 Å². The summed E-state index contributed by atoms with van der Waals surface area (Å²) in [5.74, 6) is 2.97. The van der Waals surface area contributed by atoms with E-state index >= 15 is 0 Å². The molecule has 2 N–H and O–H groups in total. The number of rotatable bonds is 2. The monoisotopic (exact) mass is 193 g/mol. The van der Waals surface area contributed by atoms with E-state index in [2.05, 4.69) is 11.6 Å². The molecule has 0 aromatic carbocycles. The molecule has 0 amide bonds. The van der Waals surface area contributed by atoms with Gasteiger partial charge in [0.15, 0.2) is 0 Å². The Labute approximate surface area is 85.3 Å². The quantitative estimate of drug-likeness (QED) is 0.661. The highest BCUT2D eigenvalue weighted by atomic mass is 16.5. The van der Waals surface area contributed by atoms with Crippen molar-refractivity contribution in [1.29, 1.82) is 0 Å². The van der Waals surface area contributed by atoms with Gasteiger partial charge in [-0.1, -0.05) is 6.08 Å². The highest BCUT2D eigenvalue weighted by molar-refractivity contribution is 5.09. The molecule has 0 aromatic heterocycles. The van der Waals surface area contributed by atoms with Crippen LogP contribution in [0, 0.1) is 23.2 Å². The zero-order valence-corrected chi connectivity index (χ0v) is 8.58. The first kappa shape index (κ1) is 8.78. The number of allylic oxidation sites excluding steroid dienone is 1. The standard InChI is InChI=1S/C12H19NO/c14-13-2-1-12-6-9-3-10(7-12)5-11(4-9)8-12/h1-2,9-11,13-14H,3-8H2. The fraction of sp³-hybridized carbons (Fsp3) is 0.833. The number of hydrogen-bond acceptors (Lipinski definition) is 2. The van der Waals surface area contributed by atoms with Crippen molar-refractivity contribution in [1.82, 2.24) is 5.48 Å². The molecule has 4 aliphatic rings. The summed E-state index contributed by atoms with van der Waals surface area (Å²) in [5.41, 5.74) is 2.61. The Hall–Kier alpha value is -0.500. The van der Waals surface area contributed by atoms with Crippen LogP contribution in [0.2, 0.25) is 0 Å². The summed E-state index contributed by atoms with van der Waals surface area (Å²) in [4.78, 5) is 0. The molecule has 4 fully saturated rings. The molecule has 0 radical (unpaired) electrons. The summed E-state index contributed by atoms with van der Waals surface area (Å²) in [6, 6.07) is 0. The molecular weight excluding hydrogens is 174 g/mol. The van der Waals surface area contributed by atoms with Crippen LogP contribution in [-0.4, -0.2) is 5.21 Å². The summed E-state index contributed by atoms with van der Waals surface area (Å²) in [5, 5.41) is 8.63. The van der Waals surface area contributed by atoms with E-state index in [-0.39, 0.29) is 0 Å². The molecule has 4 saturated carbocycles. The summed E-state index contributed by atoms with van der Waals surface area (Å²) in [7, 11) is 0. The third kappa shape index (κ3) is 1.28. The van der Waals surface area contributed by atoms with Gasteiger partial charge in [-0.05, 0) is 61.7 Å². The van der Waals surface area contributed by atoms with E-state index < -0.39 is 0 Å². The number of hydrogen-bond donors (Lipinski definition) is 2. The summed E-state index contributed by atoms with van der Waals surface area (Å²) < 4.78 is 0. The lowest BCUT2D eigenvalue weighted by Crippen LogP contribution is -2.45. The van der Waals surface area contributed by atoms with Gasteiger partial charge in [-0.2, -0.15) is 0 Å². The van der Waals surface area contributed by atoms with Crippen LogP contribution in [0.5, 0.6) is 0 Å². The van der Waals surface area contributed by atoms with Gasteiger partial charge in [0.25, 0.3) is 0 Å². The van der Waals surface area contributed by atoms with Gasteiger partial charge in [0.05, 0.1) is 0 Å². The van der Waals surface area contributed by atoms with Gasteiger partial charge in [0.2, 0.25) is 0 Å². The van der Waals surface area contributed by atoms with Crippen LogP contribution in [0.3, 0.4) is 0 Å². The van der Waals surface area contributed by atoms with Crippen LogP contribution in [0.25, 0.3) is 0 Å².